The predicted octanol–water partition coefficient (Wildman–Crippen LogP) is 3.11. The molecule has 0 aliphatic carbocycles. The molecule has 0 spiro atoms. The van der Waals surface area contributed by atoms with Crippen molar-refractivity contribution in [2.75, 3.05) is 13.1 Å². The lowest BCUT2D eigenvalue weighted by molar-refractivity contribution is 0.00578. The van der Waals surface area contributed by atoms with E-state index in [9.17, 15) is 9.18 Å². The van der Waals surface area contributed by atoms with E-state index in [-0.39, 0.29) is 5.75 Å². The van der Waals surface area contributed by atoms with Gasteiger partial charge in [-0.3, -0.25) is 0 Å². The molecule has 7 heteroatoms. The number of rotatable bonds is 2. The summed E-state index contributed by atoms with van der Waals surface area (Å²) in [5, 5.41) is 0. The molecule has 0 unspecified atom stereocenters. The van der Waals surface area contributed by atoms with Crippen molar-refractivity contribution < 1.29 is 23.2 Å². The maximum Gasteiger partial charge on any atom is 0.494 e. The highest BCUT2D eigenvalue weighted by atomic mass is 19.1. The molecule has 1 aromatic carbocycles. The molecule has 2 heterocycles. The van der Waals surface area contributed by atoms with E-state index in [1.807, 2.05) is 27.7 Å². The second-order valence-electron chi connectivity index (χ2n) is 7.69. The topological polar surface area (TPSA) is 48.0 Å². The molecule has 0 atom stereocenters. The van der Waals surface area contributed by atoms with Crippen LogP contribution in [0.3, 0.4) is 0 Å². The molecule has 0 aromatic heterocycles. The highest BCUT2D eigenvalue weighted by Gasteiger charge is 2.51. The van der Waals surface area contributed by atoms with Crippen molar-refractivity contribution in [1.29, 1.82) is 0 Å². The van der Waals surface area contributed by atoms with Crippen LogP contribution in [0.15, 0.2) is 18.2 Å². The van der Waals surface area contributed by atoms with Gasteiger partial charge < -0.3 is 18.9 Å². The molecule has 2 saturated heterocycles. The van der Waals surface area contributed by atoms with Crippen LogP contribution in [0.4, 0.5) is 9.18 Å². The molecule has 1 aromatic rings. The van der Waals surface area contributed by atoms with E-state index in [0.29, 0.717) is 18.6 Å². The maximum absolute atomic E-state index is 14.4. The number of carbonyl (C=O) groups excluding carboxylic acids is 1. The normalized spacial score (nSPS) is 22.1. The van der Waals surface area contributed by atoms with Crippen LogP contribution >= 0.6 is 0 Å². The average molecular weight is 349 g/mol. The van der Waals surface area contributed by atoms with Crippen LogP contribution in [0.2, 0.25) is 0 Å². The number of carbonyl (C=O) groups is 1. The first-order chi connectivity index (χ1) is 11.7. The molecular formula is C18H25BFNO4. The first-order valence-electron chi connectivity index (χ1n) is 8.81. The van der Waals surface area contributed by atoms with E-state index in [1.54, 1.807) is 11.0 Å². The number of amides is 1. The fourth-order valence-corrected chi connectivity index (χ4v) is 2.96. The summed E-state index contributed by atoms with van der Waals surface area (Å²) in [6, 6.07) is 4.43. The molecular weight excluding hydrogens is 324 g/mol. The lowest BCUT2D eigenvalue weighted by Gasteiger charge is -2.32. The van der Waals surface area contributed by atoms with Gasteiger partial charge in [0, 0.05) is 13.1 Å². The van der Waals surface area contributed by atoms with Gasteiger partial charge in [-0.25, -0.2) is 9.18 Å². The third-order valence-corrected chi connectivity index (χ3v) is 5.29. The quantitative estimate of drug-likeness (QED) is 0.770. The van der Waals surface area contributed by atoms with Gasteiger partial charge in [0.1, 0.15) is 0 Å². The first kappa shape index (κ1) is 18.2. The van der Waals surface area contributed by atoms with Crippen LogP contribution in [0.25, 0.3) is 0 Å². The summed E-state index contributed by atoms with van der Waals surface area (Å²) in [6.45, 7) is 9.09. The minimum absolute atomic E-state index is 0.0733. The second kappa shape index (κ2) is 6.61. The smallest absolute Gasteiger partial charge is 0.407 e. The van der Waals surface area contributed by atoms with Crippen LogP contribution in [-0.4, -0.2) is 42.4 Å². The minimum atomic E-state index is -0.647. The highest BCUT2D eigenvalue weighted by Crippen LogP contribution is 2.36. The molecule has 1 amide bonds. The molecule has 3 rings (SSSR count). The lowest BCUT2D eigenvalue weighted by Crippen LogP contribution is -2.41. The van der Waals surface area contributed by atoms with Gasteiger partial charge in [0.05, 0.1) is 11.2 Å². The number of benzene rings is 1. The second-order valence-corrected chi connectivity index (χ2v) is 7.69. The Balaban J connectivity index is 1.70. The Labute approximate surface area is 148 Å². The molecule has 2 fully saturated rings. The van der Waals surface area contributed by atoms with Crippen LogP contribution in [0.1, 0.15) is 47.0 Å². The van der Waals surface area contributed by atoms with Gasteiger partial charge in [-0.1, -0.05) is 6.07 Å². The fourth-order valence-electron chi connectivity index (χ4n) is 2.96. The zero-order valence-corrected chi connectivity index (χ0v) is 15.3. The number of halogens is 1. The van der Waals surface area contributed by atoms with Gasteiger partial charge in [0.2, 0.25) is 0 Å². The van der Waals surface area contributed by atoms with Crippen molar-refractivity contribution in [2.24, 2.45) is 0 Å². The number of hydrogen-bond acceptors (Lipinski definition) is 4. The Morgan fingerprint density at radius 2 is 1.72 bits per heavy atom. The highest BCUT2D eigenvalue weighted by molar-refractivity contribution is 6.62. The molecule has 0 saturated carbocycles. The Morgan fingerprint density at radius 3 is 2.28 bits per heavy atom. The summed E-state index contributed by atoms with van der Waals surface area (Å²) in [5.41, 5.74) is -0.421. The van der Waals surface area contributed by atoms with Gasteiger partial charge in [0.25, 0.3) is 0 Å². The van der Waals surface area contributed by atoms with Crippen molar-refractivity contribution in [1.82, 2.24) is 4.90 Å². The summed E-state index contributed by atoms with van der Waals surface area (Å²) >= 11 is 0. The van der Waals surface area contributed by atoms with Gasteiger partial charge in [0.15, 0.2) is 11.6 Å². The van der Waals surface area contributed by atoms with E-state index >= 15 is 0 Å². The zero-order chi connectivity index (χ0) is 18.2. The van der Waals surface area contributed by atoms with Crippen molar-refractivity contribution in [3.63, 3.8) is 0 Å². The molecule has 25 heavy (non-hydrogen) atoms. The molecule has 5 nitrogen and oxygen atoms in total. The maximum atomic E-state index is 14.4. The van der Waals surface area contributed by atoms with Crippen LogP contribution in [0.5, 0.6) is 5.75 Å². The summed E-state index contributed by atoms with van der Waals surface area (Å²) in [4.78, 5) is 13.7. The first-order valence-corrected chi connectivity index (χ1v) is 8.81. The largest absolute Gasteiger partial charge is 0.494 e. The summed E-state index contributed by atoms with van der Waals surface area (Å²) in [5.74, 6) is -0.673. The third kappa shape index (κ3) is 3.67. The fraction of sp³-hybridized carbons (Fsp3) is 0.611. The summed E-state index contributed by atoms with van der Waals surface area (Å²) in [7, 11) is -0.647. The van der Waals surface area contributed by atoms with Crippen molar-refractivity contribution in [3.05, 3.63) is 24.0 Å². The van der Waals surface area contributed by atoms with E-state index in [0.717, 1.165) is 19.3 Å². The SMILES string of the molecule is CC1(C)OB(c2ccc(OC(=O)N3CCCCC3)c(F)c2)OC1(C)C. The monoisotopic (exact) mass is 349 g/mol. The van der Waals surface area contributed by atoms with Gasteiger partial charge in [-0.2, -0.15) is 0 Å². The molecule has 0 bridgehead atoms. The standard InChI is InChI=1S/C18H25BFNO4/c1-17(2)18(3,4)25-19(24-17)13-8-9-15(14(20)12-13)23-16(22)21-10-6-5-7-11-21/h8-9,12H,5-7,10-11H2,1-4H3. The number of hydrogen-bond donors (Lipinski definition) is 0. The number of likely N-dealkylation sites (tertiary alicyclic amines) is 1. The zero-order valence-electron chi connectivity index (χ0n) is 15.3. The summed E-state index contributed by atoms with van der Waals surface area (Å²) < 4.78 is 31.5. The predicted molar refractivity (Wildman–Crippen MR) is 93.6 cm³/mol. The van der Waals surface area contributed by atoms with E-state index < -0.39 is 30.2 Å². The van der Waals surface area contributed by atoms with E-state index in [4.69, 9.17) is 14.0 Å². The Hall–Kier alpha value is -1.60. The Bertz CT molecular complexity index is 642. The minimum Gasteiger partial charge on any atom is -0.407 e. The van der Waals surface area contributed by atoms with Crippen LogP contribution < -0.4 is 10.2 Å². The van der Waals surface area contributed by atoms with E-state index in [2.05, 4.69) is 0 Å². The van der Waals surface area contributed by atoms with Crippen molar-refractivity contribution >= 4 is 18.7 Å². The van der Waals surface area contributed by atoms with Crippen molar-refractivity contribution in [3.8, 4) is 5.75 Å². The van der Waals surface area contributed by atoms with Gasteiger partial charge in [-0.15, -0.1) is 0 Å². The number of ether oxygens (including phenoxy) is 1. The van der Waals surface area contributed by atoms with Crippen LogP contribution in [0, 0.1) is 5.82 Å². The molecule has 0 radical (unpaired) electrons. The lowest BCUT2D eigenvalue weighted by atomic mass is 9.79. The molecule has 136 valence electrons. The number of piperidine rings is 1. The van der Waals surface area contributed by atoms with Gasteiger partial charge in [-0.05, 0) is 64.6 Å². The van der Waals surface area contributed by atoms with E-state index in [1.165, 1.54) is 12.1 Å². The average Bonchev–Trinajstić information content (AvgIpc) is 2.78. The van der Waals surface area contributed by atoms with Crippen molar-refractivity contribution in [2.45, 2.75) is 58.2 Å². The molecule has 0 N–H and O–H groups in total. The summed E-state index contributed by atoms with van der Waals surface area (Å²) in [6.07, 6.45) is 2.53. The van der Waals surface area contributed by atoms with Crippen LogP contribution in [-0.2, 0) is 9.31 Å². The molecule has 2 aliphatic heterocycles. The van der Waals surface area contributed by atoms with Gasteiger partial charge >= 0.3 is 13.2 Å². The Morgan fingerprint density at radius 1 is 1.12 bits per heavy atom. The molecule has 2 aliphatic rings. The Kier molecular flexibility index (Phi) is 4.81. The third-order valence-electron chi connectivity index (χ3n) is 5.29. The number of nitrogens with zero attached hydrogens (tertiary/aromatic N) is 1.